The van der Waals surface area contributed by atoms with Crippen molar-refractivity contribution in [2.75, 3.05) is 33.3 Å². The topological polar surface area (TPSA) is 45.7 Å². The molecule has 1 aromatic rings. The Kier molecular flexibility index (Phi) is 5.28. The average molecular weight is 317 g/mol. The number of pyridine rings is 1. The van der Waals surface area contributed by atoms with Crippen LogP contribution in [0.1, 0.15) is 30.5 Å². The maximum atomic E-state index is 12.8. The minimum Gasteiger partial charge on any atom is -0.380 e. The minimum absolute atomic E-state index is 0.169. The molecule has 5 heteroatoms. The molecule has 2 atom stereocenters. The quantitative estimate of drug-likeness (QED) is 0.828. The minimum atomic E-state index is 0.169. The first-order valence-corrected chi connectivity index (χ1v) is 8.62. The molecule has 0 unspecified atom stereocenters. The number of carbonyl (C=O) groups is 1. The fraction of sp³-hybridized carbons (Fsp3) is 0.667. The fourth-order valence-electron chi connectivity index (χ4n) is 3.67. The third-order valence-corrected chi connectivity index (χ3v) is 5.03. The molecule has 1 aromatic heterocycles. The van der Waals surface area contributed by atoms with Gasteiger partial charge in [0.2, 0.25) is 5.91 Å². The predicted molar refractivity (Wildman–Crippen MR) is 89.3 cm³/mol. The Balaban J connectivity index is 1.64. The van der Waals surface area contributed by atoms with Crippen molar-refractivity contribution in [3.8, 4) is 0 Å². The van der Waals surface area contributed by atoms with Crippen LogP contribution < -0.4 is 0 Å². The van der Waals surface area contributed by atoms with Crippen molar-refractivity contribution in [1.29, 1.82) is 0 Å². The number of hydrogen-bond donors (Lipinski definition) is 0. The van der Waals surface area contributed by atoms with Gasteiger partial charge in [-0.05, 0) is 50.9 Å². The molecule has 2 aliphatic rings. The average Bonchev–Trinajstić information content (AvgIpc) is 3.19. The van der Waals surface area contributed by atoms with Crippen LogP contribution in [0.5, 0.6) is 0 Å². The van der Waals surface area contributed by atoms with Gasteiger partial charge in [-0.15, -0.1) is 0 Å². The molecule has 0 saturated carbocycles. The molecule has 0 aliphatic carbocycles. The molecule has 23 heavy (non-hydrogen) atoms. The highest BCUT2D eigenvalue weighted by molar-refractivity contribution is 5.79. The molecule has 0 bridgehead atoms. The van der Waals surface area contributed by atoms with Crippen molar-refractivity contribution in [3.63, 3.8) is 0 Å². The zero-order chi connectivity index (χ0) is 16.2. The molecule has 0 radical (unpaired) electrons. The van der Waals surface area contributed by atoms with Gasteiger partial charge in [0.1, 0.15) is 0 Å². The molecule has 3 heterocycles. The summed E-state index contributed by atoms with van der Waals surface area (Å²) in [6.07, 6.45) is 5.92. The first kappa shape index (κ1) is 16.4. The predicted octanol–water partition coefficient (Wildman–Crippen LogP) is 1.64. The van der Waals surface area contributed by atoms with E-state index in [1.807, 2.05) is 30.2 Å². The van der Waals surface area contributed by atoms with Gasteiger partial charge in [-0.2, -0.15) is 0 Å². The number of aryl methyl sites for hydroxylation is 1. The first-order chi connectivity index (χ1) is 11.2. The zero-order valence-electron chi connectivity index (χ0n) is 14.2. The van der Waals surface area contributed by atoms with Gasteiger partial charge in [-0.1, -0.05) is 6.07 Å². The van der Waals surface area contributed by atoms with Crippen molar-refractivity contribution >= 4 is 5.91 Å². The summed E-state index contributed by atoms with van der Waals surface area (Å²) in [6, 6.07) is 4.25. The van der Waals surface area contributed by atoms with Gasteiger partial charge in [0.15, 0.2) is 0 Å². The van der Waals surface area contributed by atoms with Crippen molar-refractivity contribution in [2.45, 2.75) is 44.8 Å². The molecule has 0 aromatic carbocycles. The number of hydrogen-bond acceptors (Lipinski definition) is 4. The smallest absolute Gasteiger partial charge is 0.227 e. The van der Waals surface area contributed by atoms with E-state index in [9.17, 15) is 4.79 Å². The Hall–Kier alpha value is -1.46. The maximum Gasteiger partial charge on any atom is 0.227 e. The number of likely N-dealkylation sites (tertiary alicyclic amines) is 2. The number of rotatable bonds is 5. The summed E-state index contributed by atoms with van der Waals surface area (Å²) < 4.78 is 5.53. The molecule has 0 spiro atoms. The Morgan fingerprint density at radius 3 is 2.78 bits per heavy atom. The van der Waals surface area contributed by atoms with Gasteiger partial charge < -0.3 is 14.5 Å². The van der Waals surface area contributed by atoms with Gasteiger partial charge in [-0.25, -0.2) is 0 Å². The van der Waals surface area contributed by atoms with Crippen molar-refractivity contribution in [3.05, 3.63) is 29.6 Å². The van der Waals surface area contributed by atoms with E-state index in [1.54, 1.807) is 7.11 Å². The second-order valence-electron chi connectivity index (χ2n) is 6.79. The number of nitrogens with zero attached hydrogens (tertiary/aromatic N) is 3. The molecule has 2 saturated heterocycles. The summed E-state index contributed by atoms with van der Waals surface area (Å²) in [5.41, 5.74) is 1.97. The van der Waals surface area contributed by atoms with Crippen LogP contribution in [0.2, 0.25) is 0 Å². The number of carbonyl (C=O) groups excluding carboxylic acids is 1. The second-order valence-corrected chi connectivity index (χ2v) is 6.79. The Bertz CT molecular complexity index is 526. The van der Waals surface area contributed by atoms with Crippen molar-refractivity contribution in [1.82, 2.24) is 14.8 Å². The lowest BCUT2D eigenvalue weighted by Gasteiger charge is -2.28. The van der Waals surface area contributed by atoms with Gasteiger partial charge in [0.05, 0.1) is 12.5 Å². The van der Waals surface area contributed by atoms with Gasteiger partial charge >= 0.3 is 0 Å². The van der Waals surface area contributed by atoms with E-state index in [-0.39, 0.29) is 18.1 Å². The number of aromatic nitrogens is 1. The summed E-state index contributed by atoms with van der Waals surface area (Å²) >= 11 is 0. The molecule has 2 aliphatic heterocycles. The lowest BCUT2D eigenvalue weighted by Crippen LogP contribution is -2.43. The summed E-state index contributed by atoms with van der Waals surface area (Å²) in [6.45, 7) is 5.99. The van der Waals surface area contributed by atoms with E-state index < -0.39 is 0 Å². The van der Waals surface area contributed by atoms with Crippen molar-refractivity contribution < 1.29 is 9.53 Å². The monoisotopic (exact) mass is 317 g/mol. The lowest BCUT2D eigenvalue weighted by atomic mass is 10.1. The molecule has 0 N–H and O–H groups in total. The van der Waals surface area contributed by atoms with Crippen LogP contribution in [0.15, 0.2) is 18.3 Å². The number of amides is 1. The van der Waals surface area contributed by atoms with Gasteiger partial charge in [0, 0.05) is 38.1 Å². The van der Waals surface area contributed by atoms with Crippen LogP contribution in [-0.2, 0) is 16.0 Å². The summed E-state index contributed by atoms with van der Waals surface area (Å²) in [4.78, 5) is 21.6. The van der Waals surface area contributed by atoms with Crippen LogP contribution in [0.25, 0.3) is 0 Å². The summed E-state index contributed by atoms with van der Waals surface area (Å²) in [7, 11) is 1.75. The van der Waals surface area contributed by atoms with Crippen LogP contribution in [0.4, 0.5) is 0 Å². The highest BCUT2D eigenvalue weighted by atomic mass is 16.5. The van der Waals surface area contributed by atoms with Crippen LogP contribution in [0, 0.1) is 6.92 Å². The number of methoxy groups -OCH3 is 1. The molecule has 5 nitrogen and oxygen atoms in total. The standard InChI is InChI=1S/C18H27N3O2/c1-14-5-6-15(11-19-14)9-18(22)21-13-17(23-2)10-16(21)12-20-7-3-4-8-20/h5-6,11,16-17H,3-4,7-10,12-13H2,1-2H3/t16-,17-/m0/s1. The van der Waals surface area contributed by atoms with Gasteiger partial charge in [0.25, 0.3) is 0 Å². The Morgan fingerprint density at radius 1 is 1.35 bits per heavy atom. The molecule has 3 rings (SSSR count). The van der Waals surface area contributed by atoms with Gasteiger partial charge in [-0.3, -0.25) is 9.78 Å². The molecule has 126 valence electrons. The zero-order valence-corrected chi connectivity index (χ0v) is 14.2. The Labute approximate surface area is 138 Å². The number of ether oxygens (including phenoxy) is 1. The maximum absolute atomic E-state index is 12.8. The van der Waals surface area contributed by atoms with E-state index in [1.165, 1.54) is 12.8 Å². The third kappa shape index (κ3) is 4.09. The van der Waals surface area contributed by atoms with E-state index in [2.05, 4.69) is 9.88 Å². The third-order valence-electron chi connectivity index (χ3n) is 5.03. The fourth-order valence-corrected chi connectivity index (χ4v) is 3.67. The Morgan fingerprint density at radius 2 is 2.13 bits per heavy atom. The van der Waals surface area contributed by atoms with E-state index in [0.717, 1.165) is 37.3 Å². The normalized spacial score (nSPS) is 25.2. The molecular weight excluding hydrogens is 290 g/mol. The van der Waals surface area contributed by atoms with Crippen LogP contribution in [-0.4, -0.2) is 66.1 Å². The van der Waals surface area contributed by atoms with Crippen molar-refractivity contribution in [2.24, 2.45) is 0 Å². The summed E-state index contributed by atoms with van der Waals surface area (Å²) in [5.74, 6) is 0.194. The first-order valence-electron chi connectivity index (χ1n) is 8.62. The highest BCUT2D eigenvalue weighted by Gasteiger charge is 2.36. The van der Waals surface area contributed by atoms with E-state index in [0.29, 0.717) is 13.0 Å². The molecule has 2 fully saturated rings. The second kappa shape index (κ2) is 7.41. The molecule has 1 amide bonds. The van der Waals surface area contributed by atoms with Crippen LogP contribution >= 0.6 is 0 Å². The van der Waals surface area contributed by atoms with E-state index >= 15 is 0 Å². The molecular formula is C18H27N3O2. The SMILES string of the molecule is CO[C@H]1C[C@@H](CN2CCCC2)N(C(=O)Cc2ccc(C)nc2)C1. The largest absolute Gasteiger partial charge is 0.380 e. The van der Waals surface area contributed by atoms with E-state index in [4.69, 9.17) is 4.74 Å². The van der Waals surface area contributed by atoms with Crippen LogP contribution in [0.3, 0.4) is 0 Å². The lowest BCUT2D eigenvalue weighted by molar-refractivity contribution is -0.131. The highest BCUT2D eigenvalue weighted by Crippen LogP contribution is 2.23. The summed E-state index contributed by atoms with van der Waals surface area (Å²) in [5, 5.41) is 0.